The van der Waals surface area contributed by atoms with Crippen molar-refractivity contribution in [2.45, 2.75) is 25.7 Å². The molecule has 3 heterocycles. The van der Waals surface area contributed by atoms with Crippen LogP contribution in [0.3, 0.4) is 0 Å². The van der Waals surface area contributed by atoms with Gasteiger partial charge in [-0.05, 0) is 24.6 Å². The predicted octanol–water partition coefficient (Wildman–Crippen LogP) is 3.05. The molecule has 1 aromatic carbocycles. The van der Waals surface area contributed by atoms with Crippen molar-refractivity contribution in [3.05, 3.63) is 46.3 Å². The number of thiophene rings is 1. The zero-order valence-electron chi connectivity index (χ0n) is 20.5. The van der Waals surface area contributed by atoms with E-state index in [1.807, 2.05) is 30.3 Å². The van der Waals surface area contributed by atoms with E-state index >= 15 is 0 Å². The first kappa shape index (κ1) is 26.0. The van der Waals surface area contributed by atoms with Gasteiger partial charge in [-0.15, -0.1) is 11.3 Å². The molecule has 2 aromatic rings. The Kier molecular flexibility index (Phi) is 7.89. The average Bonchev–Trinajstić information content (AvgIpc) is 3.21. The van der Waals surface area contributed by atoms with E-state index in [2.05, 4.69) is 15.5 Å². The zero-order valence-corrected chi connectivity index (χ0v) is 21.3. The minimum atomic E-state index is -2.70. The third-order valence-corrected chi connectivity index (χ3v) is 7.99. The maximum atomic E-state index is 13.4. The van der Waals surface area contributed by atoms with Gasteiger partial charge in [-0.3, -0.25) is 24.6 Å². The first-order chi connectivity index (χ1) is 17.2. The molecule has 0 aliphatic carbocycles. The quantitative estimate of drug-likeness (QED) is 0.611. The van der Waals surface area contributed by atoms with Gasteiger partial charge >= 0.3 is 0 Å². The number of imide groups is 1. The summed E-state index contributed by atoms with van der Waals surface area (Å²) >= 11 is 1.19. The molecule has 0 saturated carbocycles. The number of nitrogens with zero attached hydrogens (tertiary/aromatic N) is 3. The van der Waals surface area contributed by atoms with Gasteiger partial charge in [0.1, 0.15) is 5.00 Å². The van der Waals surface area contributed by atoms with Crippen LogP contribution in [0.25, 0.3) is 0 Å². The summed E-state index contributed by atoms with van der Waals surface area (Å²) in [7, 11) is 1.66. The number of amides is 3. The van der Waals surface area contributed by atoms with Gasteiger partial charge in [0, 0.05) is 64.8 Å². The summed E-state index contributed by atoms with van der Waals surface area (Å²) in [5, 5.41) is 5.83. The number of carbonyl (C=O) groups excluding carboxylic acids is 3. The van der Waals surface area contributed by atoms with Crippen molar-refractivity contribution in [1.82, 2.24) is 15.1 Å². The molecule has 1 aromatic heterocycles. The van der Waals surface area contributed by atoms with Gasteiger partial charge in [0.25, 0.3) is 17.7 Å². The topological polar surface area (TPSA) is 85.0 Å². The van der Waals surface area contributed by atoms with Gasteiger partial charge < -0.3 is 15.1 Å². The number of benzene rings is 1. The number of rotatable bonds is 6. The van der Waals surface area contributed by atoms with Crippen LogP contribution in [-0.4, -0.2) is 86.3 Å². The largest absolute Gasteiger partial charge is 0.379 e. The Morgan fingerprint density at radius 3 is 2.25 bits per heavy atom. The first-order valence-electron chi connectivity index (χ1n) is 12.0. The van der Waals surface area contributed by atoms with Crippen molar-refractivity contribution in [2.75, 3.05) is 63.1 Å². The molecule has 2 saturated heterocycles. The Hall–Kier alpha value is -3.05. The number of alkyl halides is 2. The molecule has 3 amide bonds. The number of piperidine rings is 1. The van der Waals surface area contributed by atoms with E-state index in [9.17, 15) is 23.2 Å². The Balaban J connectivity index is 1.39. The Labute approximate surface area is 213 Å². The van der Waals surface area contributed by atoms with Gasteiger partial charge in [0.15, 0.2) is 0 Å². The molecule has 8 nitrogen and oxygen atoms in total. The number of halogens is 2. The van der Waals surface area contributed by atoms with Gasteiger partial charge in [0.05, 0.1) is 17.0 Å². The molecule has 2 aliphatic rings. The molecular formula is C25H31F2N5O3S. The summed E-state index contributed by atoms with van der Waals surface area (Å²) in [6.07, 6.45) is -0.598. The van der Waals surface area contributed by atoms with Crippen molar-refractivity contribution in [1.29, 1.82) is 0 Å². The van der Waals surface area contributed by atoms with Crippen LogP contribution in [0.15, 0.2) is 30.3 Å². The molecule has 0 spiro atoms. The molecule has 0 radical (unpaired) electrons. The summed E-state index contributed by atoms with van der Waals surface area (Å²) in [5.74, 6) is -3.99. The van der Waals surface area contributed by atoms with Gasteiger partial charge in [-0.25, -0.2) is 8.78 Å². The normalized spacial score (nSPS) is 18.1. The highest BCUT2D eigenvalue weighted by Gasteiger charge is 2.35. The zero-order chi connectivity index (χ0) is 25.9. The molecule has 0 atom stereocenters. The number of likely N-dealkylation sites (tertiary alicyclic amines) is 1. The minimum absolute atomic E-state index is 0.101. The van der Waals surface area contributed by atoms with Crippen LogP contribution in [0, 0.1) is 6.92 Å². The molecule has 4 rings (SSSR count). The molecule has 36 heavy (non-hydrogen) atoms. The van der Waals surface area contributed by atoms with E-state index in [0.29, 0.717) is 41.6 Å². The highest BCUT2D eigenvalue weighted by molar-refractivity contribution is 7.18. The smallest absolute Gasteiger partial charge is 0.264 e. The van der Waals surface area contributed by atoms with Crippen molar-refractivity contribution in [3.63, 3.8) is 0 Å². The number of nitrogens with one attached hydrogen (secondary N) is 2. The second-order valence-electron chi connectivity index (χ2n) is 9.13. The van der Waals surface area contributed by atoms with Crippen LogP contribution in [0.4, 0.5) is 19.5 Å². The maximum Gasteiger partial charge on any atom is 0.264 e. The van der Waals surface area contributed by atoms with E-state index in [4.69, 9.17) is 0 Å². The first-order valence-corrected chi connectivity index (χ1v) is 12.8. The second kappa shape index (κ2) is 10.9. The van der Waals surface area contributed by atoms with E-state index in [-0.39, 0.29) is 43.9 Å². The molecular weight excluding hydrogens is 488 g/mol. The summed E-state index contributed by atoms with van der Waals surface area (Å²) in [6.45, 7) is 4.33. The lowest BCUT2D eigenvalue weighted by atomic mass is 10.1. The lowest BCUT2D eigenvalue weighted by molar-refractivity contribution is -0.123. The Morgan fingerprint density at radius 2 is 1.64 bits per heavy atom. The third kappa shape index (κ3) is 5.84. The van der Waals surface area contributed by atoms with Crippen LogP contribution < -0.4 is 15.5 Å². The summed E-state index contributed by atoms with van der Waals surface area (Å²) in [5.41, 5.74) is 1.89. The number of hydrogen-bond donors (Lipinski definition) is 2. The fourth-order valence-electron chi connectivity index (χ4n) is 4.59. The molecule has 0 bridgehead atoms. The number of para-hydroxylation sites is 1. The minimum Gasteiger partial charge on any atom is -0.379 e. The SMILES string of the molecule is CNc1sc(C(=O)N2CCN(c3ccccc3)CC2)c(C)c1C(=O)NC(=O)CN1CCC(F)(F)CC1. The van der Waals surface area contributed by atoms with Crippen molar-refractivity contribution in [3.8, 4) is 0 Å². The fourth-order valence-corrected chi connectivity index (χ4v) is 5.71. The average molecular weight is 520 g/mol. The Bertz CT molecular complexity index is 1110. The predicted molar refractivity (Wildman–Crippen MR) is 136 cm³/mol. The monoisotopic (exact) mass is 519 g/mol. The van der Waals surface area contributed by atoms with E-state index in [0.717, 1.165) is 5.69 Å². The van der Waals surface area contributed by atoms with Crippen LogP contribution in [0.1, 0.15) is 38.4 Å². The summed E-state index contributed by atoms with van der Waals surface area (Å²) in [6, 6.07) is 10.0. The molecule has 2 N–H and O–H groups in total. The van der Waals surface area contributed by atoms with Crippen molar-refractivity contribution in [2.24, 2.45) is 0 Å². The van der Waals surface area contributed by atoms with Crippen molar-refractivity contribution >= 4 is 39.7 Å². The Morgan fingerprint density at radius 1 is 1.00 bits per heavy atom. The van der Waals surface area contributed by atoms with Gasteiger partial charge in [0.2, 0.25) is 5.91 Å². The van der Waals surface area contributed by atoms with Gasteiger partial charge in [-0.2, -0.15) is 0 Å². The van der Waals surface area contributed by atoms with E-state index in [1.54, 1.807) is 23.8 Å². The highest BCUT2D eigenvalue weighted by atomic mass is 32.1. The third-order valence-electron chi connectivity index (χ3n) is 6.69. The lowest BCUT2D eigenvalue weighted by Gasteiger charge is -2.36. The van der Waals surface area contributed by atoms with Crippen molar-refractivity contribution < 1.29 is 23.2 Å². The van der Waals surface area contributed by atoms with Gasteiger partial charge in [-0.1, -0.05) is 18.2 Å². The highest BCUT2D eigenvalue weighted by Crippen LogP contribution is 2.34. The molecule has 194 valence electrons. The lowest BCUT2D eigenvalue weighted by Crippen LogP contribution is -2.48. The standard InChI is InChI=1S/C25H31F2N5O3S/c1-17-20(22(34)29-19(33)16-30-10-8-25(26,27)9-11-30)23(28-2)36-21(17)24(35)32-14-12-31(13-15-32)18-6-4-3-5-7-18/h3-7,28H,8-16H2,1-2H3,(H,29,33,34). The van der Waals surface area contributed by atoms with Crippen LogP contribution in [0.2, 0.25) is 0 Å². The second-order valence-corrected chi connectivity index (χ2v) is 10.2. The molecule has 2 aliphatic heterocycles. The van der Waals surface area contributed by atoms with E-state index < -0.39 is 17.7 Å². The maximum absolute atomic E-state index is 13.4. The number of carbonyl (C=O) groups is 3. The van der Waals surface area contributed by atoms with Crippen LogP contribution >= 0.6 is 11.3 Å². The summed E-state index contributed by atoms with van der Waals surface area (Å²) in [4.78, 5) is 44.8. The molecule has 11 heteroatoms. The number of anilines is 2. The molecule has 2 fully saturated rings. The van der Waals surface area contributed by atoms with Crippen LogP contribution in [-0.2, 0) is 4.79 Å². The molecule has 0 unspecified atom stereocenters. The van der Waals surface area contributed by atoms with E-state index in [1.165, 1.54) is 11.3 Å². The number of hydrogen-bond acceptors (Lipinski definition) is 7. The number of piperazine rings is 1. The fraction of sp³-hybridized carbons (Fsp3) is 0.480. The van der Waals surface area contributed by atoms with Crippen LogP contribution in [0.5, 0.6) is 0 Å². The summed E-state index contributed by atoms with van der Waals surface area (Å²) < 4.78 is 26.7.